The van der Waals surface area contributed by atoms with E-state index in [0.29, 0.717) is 49.0 Å². The second-order valence-corrected chi connectivity index (χ2v) is 16.2. The molecule has 2 amide bonds. The molecule has 4 aliphatic rings. The van der Waals surface area contributed by atoms with Crippen molar-refractivity contribution < 1.29 is 37.4 Å². The molecular weight excluding hydrogens is 682 g/mol. The lowest BCUT2D eigenvalue weighted by Gasteiger charge is -2.42. The smallest absolute Gasteiger partial charge is 0.308 e. The van der Waals surface area contributed by atoms with E-state index >= 15 is 0 Å². The van der Waals surface area contributed by atoms with Gasteiger partial charge < -0.3 is 24.4 Å². The van der Waals surface area contributed by atoms with Crippen LogP contribution in [-0.4, -0.2) is 80.9 Å². The summed E-state index contributed by atoms with van der Waals surface area (Å²) in [5.41, 5.74) is 2.96. The Balaban J connectivity index is 1.32. The number of sulfonamides is 1. The van der Waals surface area contributed by atoms with E-state index in [4.69, 9.17) is 21.1 Å². The zero-order valence-corrected chi connectivity index (χ0v) is 30.0. The molecule has 50 heavy (non-hydrogen) atoms. The zero-order valence-electron chi connectivity index (χ0n) is 28.4. The molecule has 2 aromatic carbocycles. The lowest BCUT2D eigenvalue weighted by atomic mass is 9.70. The zero-order chi connectivity index (χ0) is 35.4. The van der Waals surface area contributed by atoms with Crippen LogP contribution in [0.2, 0.25) is 5.02 Å². The highest BCUT2D eigenvalue weighted by Crippen LogP contribution is 2.41. The third kappa shape index (κ3) is 8.13. The maximum absolute atomic E-state index is 13.9. The molecule has 3 aliphatic heterocycles. The first-order valence-corrected chi connectivity index (χ1v) is 19.5. The number of piperidine rings is 1. The van der Waals surface area contributed by atoms with E-state index in [2.05, 4.69) is 9.62 Å². The predicted molar refractivity (Wildman–Crippen MR) is 189 cm³/mol. The van der Waals surface area contributed by atoms with Crippen molar-refractivity contribution in [2.75, 3.05) is 38.2 Å². The maximum Gasteiger partial charge on any atom is 0.308 e. The molecular formula is C37H46ClN3O8S. The van der Waals surface area contributed by atoms with Crippen LogP contribution in [0.3, 0.4) is 0 Å². The lowest BCUT2D eigenvalue weighted by molar-refractivity contribution is -0.148. The third-order valence-electron chi connectivity index (χ3n) is 10.8. The number of methoxy groups -OCH3 is 1. The van der Waals surface area contributed by atoms with Crippen LogP contribution in [0.15, 0.2) is 48.6 Å². The Morgan fingerprint density at radius 2 is 1.80 bits per heavy atom. The van der Waals surface area contributed by atoms with Crippen LogP contribution in [0.5, 0.6) is 5.75 Å². The van der Waals surface area contributed by atoms with Gasteiger partial charge in [0.25, 0.3) is 5.91 Å². The van der Waals surface area contributed by atoms with Crippen LogP contribution in [0.25, 0.3) is 0 Å². The number of aryl methyl sites for hydroxylation is 1. The minimum absolute atomic E-state index is 0.0249. The van der Waals surface area contributed by atoms with Crippen molar-refractivity contribution in [1.29, 1.82) is 0 Å². The van der Waals surface area contributed by atoms with Crippen LogP contribution in [-0.2, 0) is 37.4 Å². The third-order valence-corrected chi connectivity index (χ3v) is 12.7. The molecule has 11 nitrogen and oxygen atoms in total. The Morgan fingerprint density at radius 3 is 2.54 bits per heavy atom. The summed E-state index contributed by atoms with van der Waals surface area (Å²) in [4.78, 5) is 43.2. The van der Waals surface area contributed by atoms with Gasteiger partial charge in [0.05, 0.1) is 24.8 Å². The molecule has 2 fully saturated rings. The molecule has 6 rings (SSSR count). The molecule has 3 heterocycles. The van der Waals surface area contributed by atoms with Crippen molar-refractivity contribution in [3.8, 4) is 5.75 Å². The minimum Gasteiger partial charge on any atom is -0.487 e. The van der Waals surface area contributed by atoms with Crippen molar-refractivity contribution in [2.45, 2.75) is 75.7 Å². The quantitative estimate of drug-likeness (QED) is 0.334. The van der Waals surface area contributed by atoms with Gasteiger partial charge >= 0.3 is 5.97 Å². The monoisotopic (exact) mass is 727 g/mol. The number of carbonyl (C=O) groups is 3. The van der Waals surface area contributed by atoms with Gasteiger partial charge in [-0.15, -0.1) is 0 Å². The van der Waals surface area contributed by atoms with Gasteiger partial charge in [0.15, 0.2) is 5.25 Å². The first kappa shape index (κ1) is 36.2. The first-order chi connectivity index (χ1) is 24.0. The van der Waals surface area contributed by atoms with Crippen molar-refractivity contribution in [2.24, 2.45) is 17.8 Å². The predicted octanol–water partition coefficient (Wildman–Crippen LogP) is 4.64. The number of nitrogens with one attached hydrogen (secondary N) is 1. The fraction of sp³-hybridized carbons (Fsp3) is 0.541. The SMILES string of the molecule is COC(=O)C1CCN(C(=O)[C@H]2CC/C=C\[C@H](O)[C@@H]3CC[C@H]3CN3CCCCc4cc(Cl)ccc4COc4ccc(cc43)C(=O)NS2(=O)=O)CC1. The van der Waals surface area contributed by atoms with Crippen molar-refractivity contribution in [3.63, 3.8) is 0 Å². The number of halogens is 1. The lowest BCUT2D eigenvalue weighted by Crippen LogP contribution is -2.51. The fourth-order valence-corrected chi connectivity index (χ4v) is 9.21. The largest absolute Gasteiger partial charge is 0.487 e. The number of hydrogen-bond acceptors (Lipinski definition) is 9. The van der Waals surface area contributed by atoms with E-state index in [1.54, 1.807) is 30.4 Å². The number of amides is 2. The highest BCUT2D eigenvalue weighted by Gasteiger charge is 2.40. The Kier molecular flexibility index (Phi) is 11.4. The highest BCUT2D eigenvalue weighted by atomic mass is 35.5. The van der Waals surface area contributed by atoms with E-state index in [0.717, 1.165) is 43.2 Å². The number of esters is 1. The molecule has 1 aliphatic carbocycles. The van der Waals surface area contributed by atoms with E-state index in [1.165, 1.54) is 12.0 Å². The number of aliphatic hydroxyl groups is 1. The van der Waals surface area contributed by atoms with Gasteiger partial charge in [-0.1, -0.05) is 29.8 Å². The number of benzene rings is 2. The van der Waals surface area contributed by atoms with Gasteiger partial charge in [-0.3, -0.25) is 14.4 Å². The van der Waals surface area contributed by atoms with E-state index in [9.17, 15) is 27.9 Å². The standard InChI is InChI=1S/C37H46ClN3O8S/c1-48-37(45)24-15-18-40(19-16-24)36(44)34-8-3-2-7-32(42)30-13-10-27(30)22-41-17-5-4-6-25-20-29(38)12-9-28(25)23-49-33-14-11-26(21-31(33)41)35(43)39-50(34,46)47/h2,7,9,11-12,14,20-21,24,27,30,32,34,42H,3-6,8,10,13,15-19,22-23H2,1H3,(H,39,43)/b7-2-/t27-,30+,32-,34+/m0/s1. The summed E-state index contributed by atoms with van der Waals surface area (Å²) in [5, 5.41) is 10.3. The van der Waals surface area contributed by atoms with Crippen LogP contribution in [0.4, 0.5) is 5.69 Å². The van der Waals surface area contributed by atoms with Crippen LogP contribution in [0, 0.1) is 17.8 Å². The average molecular weight is 728 g/mol. The van der Waals surface area contributed by atoms with E-state index in [1.807, 2.05) is 18.2 Å². The number of ether oxygens (including phenoxy) is 2. The summed E-state index contributed by atoms with van der Waals surface area (Å²) in [6.07, 6.45) is 8.02. The van der Waals surface area contributed by atoms with E-state index in [-0.39, 0.29) is 55.2 Å². The number of carbonyl (C=O) groups excluding carboxylic acids is 3. The Morgan fingerprint density at radius 1 is 1.00 bits per heavy atom. The summed E-state index contributed by atoms with van der Waals surface area (Å²) in [5.74, 6) is -1.36. The van der Waals surface area contributed by atoms with Crippen LogP contribution < -0.4 is 14.4 Å². The second kappa shape index (κ2) is 15.7. The van der Waals surface area contributed by atoms with Crippen molar-refractivity contribution in [1.82, 2.24) is 9.62 Å². The number of anilines is 1. The average Bonchev–Trinajstić information content (AvgIpc) is 3.12. The molecule has 2 aromatic rings. The number of nitrogens with zero attached hydrogens (tertiary/aromatic N) is 2. The summed E-state index contributed by atoms with van der Waals surface area (Å²) < 4.78 is 41.2. The fourth-order valence-electron chi connectivity index (χ4n) is 7.64. The number of allylic oxidation sites excluding steroid dienone is 1. The molecule has 4 atom stereocenters. The summed E-state index contributed by atoms with van der Waals surface area (Å²) in [7, 11) is -3.17. The molecule has 270 valence electrons. The van der Waals surface area contributed by atoms with Crippen molar-refractivity contribution >= 4 is 45.1 Å². The second-order valence-electron chi connectivity index (χ2n) is 13.9. The molecule has 2 N–H and O–H groups in total. The summed E-state index contributed by atoms with van der Waals surface area (Å²) in [6, 6.07) is 10.7. The van der Waals surface area contributed by atoms with Crippen LogP contribution in [0.1, 0.15) is 72.9 Å². The minimum atomic E-state index is -4.49. The Hall–Kier alpha value is -3.61. The molecule has 0 aromatic heterocycles. The topological polar surface area (TPSA) is 143 Å². The normalized spacial score (nSPS) is 26.8. The highest BCUT2D eigenvalue weighted by molar-refractivity contribution is 7.91. The van der Waals surface area contributed by atoms with Crippen molar-refractivity contribution in [3.05, 3.63) is 70.3 Å². The molecule has 0 radical (unpaired) electrons. The van der Waals surface area contributed by atoms with Gasteiger partial charge in [-0.25, -0.2) is 13.1 Å². The molecule has 0 unspecified atom stereocenters. The number of fused-ring (bicyclic) bond motifs is 3. The van der Waals surface area contributed by atoms with E-state index < -0.39 is 33.2 Å². The number of hydrogen-bond donors (Lipinski definition) is 2. The number of rotatable bonds is 2. The Labute approximate surface area is 299 Å². The molecule has 1 saturated carbocycles. The molecule has 1 saturated heterocycles. The number of aliphatic hydroxyl groups excluding tert-OH is 1. The van der Waals surface area contributed by atoms with Gasteiger partial charge in [-0.05, 0) is 111 Å². The summed E-state index contributed by atoms with van der Waals surface area (Å²) >= 11 is 6.32. The number of likely N-dealkylation sites (tertiary alicyclic amines) is 1. The van der Waals surface area contributed by atoms with Gasteiger partial charge in [0.2, 0.25) is 15.9 Å². The first-order valence-electron chi connectivity index (χ1n) is 17.6. The van der Waals surface area contributed by atoms with Gasteiger partial charge in [0, 0.05) is 36.8 Å². The molecule has 0 spiro atoms. The van der Waals surface area contributed by atoms with Gasteiger partial charge in [0.1, 0.15) is 12.4 Å². The Bertz CT molecular complexity index is 1720. The van der Waals surface area contributed by atoms with Gasteiger partial charge in [-0.2, -0.15) is 0 Å². The molecule has 13 heteroatoms. The maximum atomic E-state index is 13.9. The molecule has 2 bridgehead atoms. The van der Waals surface area contributed by atoms with Crippen LogP contribution >= 0.6 is 11.6 Å². The summed E-state index contributed by atoms with van der Waals surface area (Å²) in [6.45, 7) is 2.03.